The molecule has 0 aliphatic rings. The van der Waals surface area contributed by atoms with Crippen molar-refractivity contribution in [3.63, 3.8) is 0 Å². The number of rotatable bonds is 19. The fourth-order valence-electron chi connectivity index (χ4n) is 3.07. The lowest BCUT2D eigenvalue weighted by Crippen LogP contribution is -2.85. The van der Waals surface area contributed by atoms with Crippen molar-refractivity contribution < 1.29 is 15.5 Å². The van der Waals surface area contributed by atoms with E-state index in [4.69, 9.17) is 20.4 Å². The van der Waals surface area contributed by atoms with E-state index >= 15 is 0 Å². The van der Waals surface area contributed by atoms with Crippen molar-refractivity contribution in [2.75, 3.05) is 19.7 Å². The zero-order chi connectivity index (χ0) is 19.7. The van der Waals surface area contributed by atoms with E-state index in [1.807, 2.05) is 0 Å². The first-order valence-electron chi connectivity index (χ1n) is 10.9. The van der Waals surface area contributed by atoms with Gasteiger partial charge in [0.15, 0.2) is 0 Å². The molecule has 6 nitrogen and oxygen atoms in total. The number of aliphatic hydroxyl groups is 1. The highest BCUT2D eigenvalue weighted by molar-refractivity contribution is 4.49. The van der Waals surface area contributed by atoms with Gasteiger partial charge in [0, 0.05) is 0 Å². The summed E-state index contributed by atoms with van der Waals surface area (Å²) < 4.78 is 0. The number of quaternary nitrogens is 1. The van der Waals surface area contributed by atoms with Gasteiger partial charge in [0.2, 0.25) is 0 Å². The molecule has 0 heterocycles. The number of nitrogens with two attached hydrogens (primary N) is 1. The molecule has 0 atom stereocenters. The highest BCUT2D eigenvalue weighted by Gasteiger charge is 1.95. The predicted molar refractivity (Wildman–Crippen MR) is 109 cm³/mol. The minimum Gasteiger partial charge on any atom is -0.391 e. The minimum absolute atomic E-state index is 0.318. The van der Waals surface area contributed by atoms with E-state index in [-0.39, 0.29) is 0 Å². The summed E-state index contributed by atoms with van der Waals surface area (Å²) in [5.74, 6) is 0. The van der Waals surface area contributed by atoms with Crippen LogP contribution in [-0.4, -0.2) is 29.9 Å². The second-order valence-electron chi connectivity index (χ2n) is 7.12. The molecular formula is C20H44N2O4. The molecule has 0 spiro atoms. The highest BCUT2D eigenvalue weighted by atomic mass is 16.9. The molecular weight excluding hydrogens is 332 g/mol. The molecule has 0 unspecified atom stereocenters. The van der Waals surface area contributed by atoms with E-state index in [2.05, 4.69) is 12.2 Å². The van der Waals surface area contributed by atoms with Crippen LogP contribution in [0.2, 0.25) is 0 Å². The molecule has 3 N–H and O–H groups in total. The van der Waals surface area contributed by atoms with Gasteiger partial charge in [-0.1, -0.05) is 96.8 Å². The van der Waals surface area contributed by atoms with Gasteiger partial charge in [-0.25, -0.2) is 0 Å². The molecule has 0 rings (SSSR count). The van der Waals surface area contributed by atoms with Crippen molar-refractivity contribution in [2.45, 2.75) is 110 Å². The molecule has 0 saturated heterocycles. The van der Waals surface area contributed by atoms with Crippen LogP contribution in [0.4, 0.5) is 0 Å². The van der Waals surface area contributed by atoms with Crippen molar-refractivity contribution in [3.05, 3.63) is 15.3 Å². The van der Waals surface area contributed by atoms with Gasteiger partial charge in [-0.3, -0.25) is 0 Å². The molecule has 6 heteroatoms. The van der Waals surface area contributed by atoms with Crippen molar-refractivity contribution in [2.24, 2.45) is 0 Å². The summed E-state index contributed by atoms with van der Waals surface area (Å²) in [6.07, 6.45) is 22.9. The lowest BCUT2D eigenvalue weighted by atomic mass is 10.0. The number of hydrogen-bond acceptors (Lipinski definition) is 4. The predicted octanol–water partition coefficient (Wildman–Crippen LogP) is 4.56. The fraction of sp³-hybridized carbons (Fsp3) is 1.00. The summed E-state index contributed by atoms with van der Waals surface area (Å²) in [6, 6.07) is 0. The van der Waals surface area contributed by atoms with Crippen LogP contribution in [0.15, 0.2) is 0 Å². The zero-order valence-corrected chi connectivity index (χ0v) is 17.1. The van der Waals surface area contributed by atoms with Crippen LogP contribution in [0.3, 0.4) is 0 Å². The lowest BCUT2D eigenvalue weighted by Gasteiger charge is -2.03. The average Bonchev–Trinajstić information content (AvgIpc) is 2.60. The van der Waals surface area contributed by atoms with Crippen LogP contribution in [0.1, 0.15) is 110 Å². The zero-order valence-electron chi connectivity index (χ0n) is 17.1. The fourth-order valence-corrected chi connectivity index (χ4v) is 3.07. The van der Waals surface area contributed by atoms with Crippen LogP contribution in [-0.2, 0) is 0 Å². The quantitative estimate of drug-likeness (QED) is 0.196. The molecule has 0 bridgehead atoms. The van der Waals surface area contributed by atoms with Gasteiger partial charge in [-0.05, 0) is 12.8 Å². The second kappa shape index (κ2) is 26.4. The SMILES string of the molecule is CCCCCCCCCCCCCCCCCC[NH2+]CCO.O=[N+]([O-])[O-]. The van der Waals surface area contributed by atoms with Gasteiger partial charge in [-0.15, -0.1) is 0 Å². The summed E-state index contributed by atoms with van der Waals surface area (Å²) in [7, 11) is 0. The average molecular weight is 377 g/mol. The third-order valence-corrected chi connectivity index (χ3v) is 4.60. The van der Waals surface area contributed by atoms with Crippen molar-refractivity contribution in [1.29, 1.82) is 0 Å². The monoisotopic (exact) mass is 376 g/mol. The van der Waals surface area contributed by atoms with Gasteiger partial charge in [0.05, 0.1) is 24.8 Å². The van der Waals surface area contributed by atoms with E-state index < -0.39 is 5.09 Å². The standard InChI is InChI=1S/C20H43NO.NO3/c1-2-3-4-5-6-7-8-9-10-11-12-13-14-15-16-17-18-21-19-20-22;2-1(3)4/h21-22H,2-20H2,1H3;/q;-1/p+1. The van der Waals surface area contributed by atoms with Crippen LogP contribution >= 0.6 is 0 Å². The largest absolute Gasteiger partial charge is 0.391 e. The van der Waals surface area contributed by atoms with Gasteiger partial charge in [0.1, 0.15) is 0 Å². The lowest BCUT2D eigenvalue weighted by molar-refractivity contribution is -0.656. The van der Waals surface area contributed by atoms with Gasteiger partial charge in [-0.2, -0.15) is 0 Å². The number of aliphatic hydroxyl groups excluding tert-OH is 1. The number of hydrogen-bond donors (Lipinski definition) is 2. The highest BCUT2D eigenvalue weighted by Crippen LogP contribution is 2.13. The molecule has 0 amide bonds. The Labute approximate surface area is 160 Å². The maximum atomic E-state index is 8.67. The summed E-state index contributed by atoms with van der Waals surface area (Å²) in [6.45, 7) is 4.68. The Hall–Kier alpha value is -0.880. The van der Waals surface area contributed by atoms with Crippen molar-refractivity contribution in [3.8, 4) is 0 Å². The smallest absolute Gasteiger partial charge is 0.0990 e. The first-order valence-corrected chi connectivity index (χ1v) is 10.9. The summed E-state index contributed by atoms with van der Waals surface area (Å²) in [4.78, 5) is 8.25. The molecule has 0 radical (unpaired) electrons. The Morgan fingerprint density at radius 3 is 1.27 bits per heavy atom. The third kappa shape index (κ3) is 34.5. The Morgan fingerprint density at radius 1 is 0.654 bits per heavy atom. The Bertz CT molecular complexity index is 242. The van der Waals surface area contributed by atoms with Crippen LogP contribution in [0, 0.1) is 15.3 Å². The maximum absolute atomic E-state index is 8.67. The molecule has 0 aliphatic carbocycles. The molecule has 0 aliphatic heterocycles. The molecule has 26 heavy (non-hydrogen) atoms. The van der Waals surface area contributed by atoms with Crippen molar-refractivity contribution in [1.82, 2.24) is 0 Å². The van der Waals surface area contributed by atoms with E-state index in [1.54, 1.807) is 0 Å². The third-order valence-electron chi connectivity index (χ3n) is 4.60. The minimum atomic E-state index is -1.75. The second-order valence-corrected chi connectivity index (χ2v) is 7.12. The molecule has 0 aromatic heterocycles. The number of nitrogens with zero attached hydrogens (tertiary/aromatic N) is 1. The first-order chi connectivity index (χ1) is 12.6. The van der Waals surface area contributed by atoms with E-state index in [9.17, 15) is 0 Å². The van der Waals surface area contributed by atoms with Gasteiger partial charge >= 0.3 is 0 Å². The molecule has 0 fully saturated rings. The van der Waals surface area contributed by atoms with E-state index in [0.29, 0.717) is 6.61 Å². The van der Waals surface area contributed by atoms with Crippen molar-refractivity contribution >= 4 is 0 Å². The van der Waals surface area contributed by atoms with Crippen LogP contribution in [0.5, 0.6) is 0 Å². The molecule has 0 aromatic rings. The molecule has 0 saturated carbocycles. The summed E-state index contributed by atoms with van der Waals surface area (Å²) in [5, 5.41) is 25.6. The van der Waals surface area contributed by atoms with E-state index in [0.717, 1.165) is 6.54 Å². The van der Waals surface area contributed by atoms with Crippen LogP contribution < -0.4 is 5.32 Å². The van der Waals surface area contributed by atoms with Gasteiger partial charge in [0.25, 0.3) is 0 Å². The normalized spacial score (nSPS) is 10.4. The molecule has 0 aromatic carbocycles. The van der Waals surface area contributed by atoms with E-state index in [1.165, 1.54) is 109 Å². The summed E-state index contributed by atoms with van der Waals surface area (Å²) in [5.41, 5.74) is 0. The maximum Gasteiger partial charge on any atom is 0.0990 e. The number of unbranched alkanes of at least 4 members (excludes halogenated alkanes) is 15. The summed E-state index contributed by atoms with van der Waals surface area (Å²) >= 11 is 0. The Morgan fingerprint density at radius 2 is 0.962 bits per heavy atom. The molecule has 158 valence electrons. The Balaban J connectivity index is 0. The van der Waals surface area contributed by atoms with Crippen LogP contribution in [0.25, 0.3) is 0 Å². The Kier molecular flexibility index (Phi) is 27.7. The first kappa shape index (κ1) is 27.3. The topological polar surface area (TPSA) is 103 Å². The van der Waals surface area contributed by atoms with Gasteiger partial charge < -0.3 is 25.7 Å².